The van der Waals surface area contributed by atoms with Crippen LogP contribution in [-0.2, 0) is 15.3 Å². The van der Waals surface area contributed by atoms with Crippen LogP contribution in [0.3, 0.4) is 0 Å². The Morgan fingerprint density at radius 2 is 1.48 bits per heavy atom. The lowest BCUT2D eigenvalue weighted by Crippen LogP contribution is -2.13. The first-order valence-corrected chi connectivity index (χ1v) is 10.0. The molecule has 0 aliphatic heterocycles. The molecule has 130 valence electrons. The number of sulfone groups is 1. The van der Waals surface area contributed by atoms with Crippen molar-refractivity contribution in [3.8, 4) is 22.5 Å². The van der Waals surface area contributed by atoms with Crippen LogP contribution in [0.15, 0.2) is 59.5 Å². The van der Waals surface area contributed by atoms with E-state index in [1.165, 1.54) is 6.26 Å². The summed E-state index contributed by atoms with van der Waals surface area (Å²) < 4.78 is 23.4. The van der Waals surface area contributed by atoms with E-state index in [0.29, 0.717) is 4.90 Å². The molecule has 1 aromatic heterocycles. The highest BCUT2D eigenvalue weighted by atomic mass is 32.2. The number of imidazole rings is 1. The molecule has 0 saturated carbocycles. The SMILES string of the molecule is CC(C)(C)c1nc(-c2ccc(S(C)(=O)=O)cc2)c(-c2ccccc2)[nH]1. The molecule has 4 nitrogen and oxygen atoms in total. The maximum Gasteiger partial charge on any atom is 0.175 e. The van der Waals surface area contributed by atoms with Crippen LogP contribution in [0.1, 0.15) is 26.6 Å². The van der Waals surface area contributed by atoms with E-state index in [1.54, 1.807) is 12.1 Å². The molecule has 0 atom stereocenters. The van der Waals surface area contributed by atoms with E-state index in [-0.39, 0.29) is 5.41 Å². The van der Waals surface area contributed by atoms with E-state index in [1.807, 2.05) is 42.5 Å². The molecule has 3 aromatic rings. The number of aromatic nitrogens is 2. The van der Waals surface area contributed by atoms with Gasteiger partial charge in [-0.05, 0) is 12.1 Å². The second kappa shape index (κ2) is 6.15. The molecule has 0 aliphatic carbocycles. The lowest BCUT2D eigenvalue weighted by Gasteiger charge is -2.14. The summed E-state index contributed by atoms with van der Waals surface area (Å²) in [6, 6.07) is 16.9. The third kappa shape index (κ3) is 3.66. The Labute approximate surface area is 148 Å². The standard InChI is InChI=1S/C20H22N2O2S/c1-20(2,3)19-21-17(14-8-6-5-7-9-14)18(22-19)15-10-12-16(13-11-15)25(4,23)24/h5-13H,1-4H3,(H,21,22). The van der Waals surface area contributed by atoms with Crippen LogP contribution in [-0.4, -0.2) is 24.6 Å². The van der Waals surface area contributed by atoms with E-state index in [4.69, 9.17) is 4.98 Å². The maximum atomic E-state index is 11.7. The molecule has 0 saturated heterocycles. The molecule has 0 aliphatic rings. The van der Waals surface area contributed by atoms with E-state index < -0.39 is 9.84 Å². The number of hydrogen-bond acceptors (Lipinski definition) is 3. The van der Waals surface area contributed by atoms with Gasteiger partial charge in [-0.25, -0.2) is 13.4 Å². The second-order valence-electron chi connectivity index (χ2n) is 7.22. The number of benzene rings is 2. The van der Waals surface area contributed by atoms with Crippen molar-refractivity contribution in [1.29, 1.82) is 0 Å². The molecule has 2 aromatic carbocycles. The van der Waals surface area contributed by atoms with Crippen molar-refractivity contribution in [3.05, 3.63) is 60.4 Å². The van der Waals surface area contributed by atoms with Gasteiger partial charge < -0.3 is 4.98 Å². The van der Waals surface area contributed by atoms with E-state index >= 15 is 0 Å². The van der Waals surface area contributed by atoms with Gasteiger partial charge in [0.25, 0.3) is 0 Å². The third-order valence-corrected chi connectivity index (χ3v) is 5.16. The molecule has 3 rings (SSSR count). The lowest BCUT2D eigenvalue weighted by atomic mass is 9.96. The molecule has 0 amide bonds. The molecule has 0 spiro atoms. The van der Waals surface area contributed by atoms with Gasteiger partial charge in [-0.15, -0.1) is 0 Å². The first kappa shape index (κ1) is 17.4. The smallest absolute Gasteiger partial charge is 0.175 e. The first-order valence-electron chi connectivity index (χ1n) is 8.12. The number of aromatic amines is 1. The van der Waals surface area contributed by atoms with Gasteiger partial charge in [-0.3, -0.25) is 0 Å². The first-order chi connectivity index (χ1) is 11.7. The van der Waals surface area contributed by atoms with Crippen LogP contribution in [0.2, 0.25) is 0 Å². The number of nitrogens with zero attached hydrogens (tertiary/aromatic N) is 1. The van der Waals surface area contributed by atoms with E-state index in [2.05, 4.69) is 25.8 Å². The van der Waals surface area contributed by atoms with Gasteiger partial charge in [0, 0.05) is 22.8 Å². The van der Waals surface area contributed by atoms with Gasteiger partial charge in [0.1, 0.15) is 5.82 Å². The predicted octanol–water partition coefficient (Wildman–Crippen LogP) is 4.44. The fourth-order valence-electron chi connectivity index (χ4n) is 2.61. The van der Waals surface area contributed by atoms with Gasteiger partial charge in [0.15, 0.2) is 9.84 Å². The molecule has 25 heavy (non-hydrogen) atoms. The number of hydrogen-bond donors (Lipinski definition) is 1. The van der Waals surface area contributed by atoms with Gasteiger partial charge in [-0.2, -0.15) is 0 Å². The zero-order valence-corrected chi connectivity index (χ0v) is 15.7. The Kier molecular flexibility index (Phi) is 4.29. The summed E-state index contributed by atoms with van der Waals surface area (Å²) >= 11 is 0. The van der Waals surface area contributed by atoms with Crippen LogP contribution in [0.5, 0.6) is 0 Å². The minimum Gasteiger partial charge on any atom is -0.341 e. The zero-order chi connectivity index (χ0) is 18.2. The Morgan fingerprint density at radius 1 is 0.880 bits per heavy atom. The molecule has 0 radical (unpaired) electrons. The minimum absolute atomic E-state index is 0.117. The van der Waals surface area contributed by atoms with Gasteiger partial charge in [0.05, 0.1) is 16.3 Å². The molecule has 0 unspecified atom stereocenters. The molecule has 1 heterocycles. The Hall–Kier alpha value is -2.40. The minimum atomic E-state index is -3.21. The molecule has 0 fully saturated rings. The highest BCUT2D eigenvalue weighted by Gasteiger charge is 2.22. The summed E-state index contributed by atoms with van der Waals surface area (Å²) in [5.41, 5.74) is 3.59. The largest absolute Gasteiger partial charge is 0.341 e. The van der Waals surface area contributed by atoms with Crippen LogP contribution in [0.4, 0.5) is 0 Å². The van der Waals surface area contributed by atoms with Crippen LogP contribution < -0.4 is 0 Å². The summed E-state index contributed by atoms with van der Waals surface area (Å²) in [4.78, 5) is 8.58. The van der Waals surface area contributed by atoms with Crippen molar-refractivity contribution in [1.82, 2.24) is 9.97 Å². The zero-order valence-electron chi connectivity index (χ0n) is 14.9. The number of nitrogens with one attached hydrogen (secondary N) is 1. The molecular formula is C20H22N2O2S. The van der Waals surface area contributed by atoms with Crippen molar-refractivity contribution in [3.63, 3.8) is 0 Å². The van der Waals surface area contributed by atoms with Crippen LogP contribution in [0.25, 0.3) is 22.5 Å². The Balaban J connectivity index is 2.16. The topological polar surface area (TPSA) is 62.8 Å². The summed E-state index contributed by atoms with van der Waals surface area (Å²) in [5.74, 6) is 0.897. The number of rotatable bonds is 3. The summed E-state index contributed by atoms with van der Waals surface area (Å²) in [7, 11) is -3.21. The predicted molar refractivity (Wildman–Crippen MR) is 101 cm³/mol. The molecule has 5 heteroatoms. The molecular weight excluding hydrogens is 332 g/mol. The fourth-order valence-corrected chi connectivity index (χ4v) is 3.24. The van der Waals surface area contributed by atoms with E-state index in [9.17, 15) is 8.42 Å². The molecule has 0 bridgehead atoms. The van der Waals surface area contributed by atoms with Crippen LogP contribution >= 0.6 is 0 Å². The molecule has 1 N–H and O–H groups in total. The highest BCUT2D eigenvalue weighted by molar-refractivity contribution is 7.90. The quantitative estimate of drug-likeness (QED) is 0.756. The summed E-state index contributed by atoms with van der Waals surface area (Å²) in [5, 5.41) is 0. The number of H-pyrrole nitrogens is 1. The van der Waals surface area contributed by atoms with Crippen molar-refractivity contribution in [2.75, 3.05) is 6.26 Å². The van der Waals surface area contributed by atoms with Gasteiger partial charge in [0.2, 0.25) is 0 Å². The highest BCUT2D eigenvalue weighted by Crippen LogP contribution is 2.33. The van der Waals surface area contributed by atoms with Crippen molar-refractivity contribution in [2.24, 2.45) is 0 Å². The Morgan fingerprint density at radius 3 is 2.00 bits per heavy atom. The van der Waals surface area contributed by atoms with Crippen molar-refractivity contribution >= 4 is 9.84 Å². The maximum absolute atomic E-state index is 11.7. The summed E-state index contributed by atoms with van der Waals surface area (Å²) in [6.45, 7) is 6.32. The summed E-state index contributed by atoms with van der Waals surface area (Å²) in [6.07, 6.45) is 1.21. The Bertz CT molecular complexity index is 980. The average Bonchev–Trinajstić information content (AvgIpc) is 3.00. The fraction of sp³-hybridized carbons (Fsp3) is 0.250. The van der Waals surface area contributed by atoms with E-state index in [0.717, 1.165) is 28.3 Å². The van der Waals surface area contributed by atoms with Gasteiger partial charge >= 0.3 is 0 Å². The second-order valence-corrected chi connectivity index (χ2v) is 9.24. The van der Waals surface area contributed by atoms with Crippen molar-refractivity contribution < 1.29 is 8.42 Å². The monoisotopic (exact) mass is 354 g/mol. The van der Waals surface area contributed by atoms with Crippen molar-refractivity contribution in [2.45, 2.75) is 31.1 Å². The van der Waals surface area contributed by atoms with Gasteiger partial charge in [-0.1, -0.05) is 63.2 Å². The third-order valence-electron chi connectivity index (χ3n) is 4.03. The lowest BCUT2D eigenvalue weighted by molar-refractivity contribution is 0.553. The average molecular weight is 354 g/mol. The van der Waals surface area contributed by atoms with Crippen LogP contribution in [0, 0.1) is 0 Å². The normalized spacial score (nSPS) is 12.3.